The quantitative estimate of drug-likeness (QED) is 0.641. The molecule has 0 aromatic heterocycles. The molecule has 2 atom stereocenters. The van der Waals surface area contributed by atoms with Gasteiger partial charge in [-0.15, -0.1) is 6.42 Å². The molecule has 4 heteroatoms. The van der Waals surface area contributed by atoms with E-state index < -0.39 is 0 Å². The number of piperidine rings is 1. The number of nitrogens with zero attached hydrogens (tertiary/aromatic N) is 1. The molecule has 2 radical (unpaired) electrons. The van der Waals surface area contributed by atoms with E-state index in [2.05, 4.69) is 32.6 Å². The molecule has 0 aromatic carbocycles. The number of hydrogen-bond donors (Lipinski definition) is 0. The molecule has 19 heavy (non-hydrogen) atoms. The molecule has 1 aliphatic carbocycles. The molecule has 2 rings (SSSR count). The molecule has 1 saturated carbocycles. The first kappa shape index (κ1) is 21.1. The van der Waals surface area contributed by atoms with Gasteiger partial charge in [-0.1, -0.05) is 0 Å². The third-order valence-electron chi connectivity index (χ3n) is 3.94. The Hall–Kier alpha value is 2.13. The van der Waals surface area contributed by atoms with E-state index in [1.165, 1.54) is 25.8 Å². The molecule has 1 saturated heterocycles. The summed E-state index contributed by atoms with van der Waals surface area (Å²) in [6.45, 7) is 17.1. The van der Waals surface area contributed by atoms with Gasteiger partial charge in [-0.05, 0) is 39.8 Å². The fraction of sp³-hybridized carbons (Fsp3) is 0.867. The largest absolute Gasteiger partial charge is 0.378 e. The first-order chi connectivity index (χ1) is 7.99. The van der Waals surface area contributed by atoms with Crippen molar-refractivity contribution in [2.45, 2.75) is 39.2 Å². The minimum atomic E-state index is 0. The second-order valence-electron chi connectivity index (χ2n) is 6.52. The van der Waals surface area contributed by atoms with Crippen molar-refractivity contribution in [2.75, 3.05) is 26.2 Å². The van der Waals surface area contributed by atoms with Gasteiger partial charge in [-0.25, -0.2) is 0 Å². The average Bonchev–Trinajstić information content (AvgIpc) is 2.94. The SMILES string of the molecule is [CH2-]C1CC([CH2-])CN(CC2(COC(C)C)CC2)C1.[Y].[Y]. The summed E-state index contributed by atoms with van der Waals surface area (Å²) < 4.78 is 5.81. The first-order valence-electron chi connectivity index (χ1n) is 6.99. The van der Waals surface area contributed by atoms with E-state index in [1.807, 2.05) is 0 Å². The van der Waals surface area contributed by atoms with Crippen molar-refractivity contribution in [1.29, 1.82) is 0 Å². The molecule has 0 N–H and O–H groups in total. The van der Waals surface area contributed by atoms with Gasteiger partial charge in [0, 0.05) is 77.4 Å². The second-order valence-corrected chi connectivity index (χ2v) is 6.52. The minimum absolute atomic E-state index is 0. The summed E-state index contributed by atoms with van der Waals surface area (Å²) in [4.78, 5) is 2.56. The topological polar surface area (TPSA) is 12.5 Å². The van der Waals surface area contributed by atoms with Gasteiger partial charge in [0.1, 0.15) is 0 Å². The fourth-order valence-electron chi connectivity index (χ4n) is 2.90. The maximum absolute atomic E-state index is 5.81. The minimum Gasteiger partial charge on any atom is -0.378 e. The van der Waals surface area contributed by atoms with Crippen LogP contribution >= 0.6 is 0 Å². The number of ether oxygens (including phenoxy) is 1. The Morgan fingerprint density at radius 1 is 1.16 bits per heavy atom. The van der Waals surface area contributed by atoms with Crippen molar-refractivity contribution in [3.8, 4) is 0 Å². The van der Waals surface area contributed by atoms with Crippen molar-refractivity contribution in [3.63, 3.8) is 0 Å². The molecule has 2 unspecified atom stereocenters. The zero-order valence-corrected chi connectivity index (χ0v) is 18.3. The first-order valence-corrected chi connectivity index (χ1v) is 6.99. The van der Waals surface area contributed by atoms with Crippen LogP contribution in [0.4, 0.5) is 0 Å². The van der Waals surface area contributed by atoms with Crippen molar-refractivity contribution in [1.82, 2.24) is 4.90 Å². The molecule has 0 bridgehead atoms. The van der Waals surface area contributed by atoms with Gasteiger partial charge in [-0.3, -0.25) is 0 Å². The Labute approximate surface area is 169 Å². The van der Waals surface area contributed by atoms with E-state index in [0.29, 0.717) is 23.4 Å². The standard InChI is InChI=1S/C15H27NO.2Y/c1-12(2)17-11-15(5-6-15)10-16-8-13(3)7-14(4)9-16;;/h12-14H,3-11H2,1-2H3;;/q-2;;. The van der Waals surface area contributed by atoms with Crippen LogP contribution in [0.3, 0.4) is 0 Å². The van der Waals surface area contributed by atoms with Gasteiger partial charge in [-0.2, -0.15) is 11.8 Å². The van der Waals surface area contributed by atoms with Gasteiger partial charge >= 0.3 is 0 Å². The van der Waals surface area contributed by atoms with Crippen LogP contribution in [0.25, 0.3) is 0 Å². The van der Waals surface area contributed by atoms with Crippen LogP contribution < -0.4 is 0 Å². The van der Waals surface area contributed by atoms with E-state index in [0.717, 1.165) is 19.7 Å². The summed E-state index contributed by atoms with van der Waals surface area (Å²) in [6, 6.07) is 0. The third kappa shape index (κ3) is 7.29. The van der Waals surface area contributed by atoms with Gasteiger partial charge in [0.2, 0.25) is 0 Å². The molecule has 0 amide bonds. The Balaban J connectivity index is 0.00000162. The van der Waals surface area contributed by atoms with E-state index in [9.17, 15) is 0 Å². The van der Waals surface area contributed by atoms with Crippen LogP contribution in [0, 0.1) is 31.1 Å². The number of hydrogen-bond acceptors (Lipinski definition) is 2. The molecule has 2 nitrogen and oxygen atoms in total. The molecular formula is C15H27NOY2-2. The fourth-order valence-corrected chi connectivity index (χ4v) is 2.90. The average molecular weight is 415 g/mol. The molecule has 1 aliphatic heterocycles. The molecule has 106 valence electrons. The zero-order valence-electron chi connectivity index (χ0n) is 12.6. The third-order valence-corrected chi connectivity index (χ3v) is 3.94. The maximum Gasteiger partial charge on any atom is 0.0538 e. The Kier molecular flexibility index (Phi) is 10.4. The van der Waals surface area contributed by atoms with Gasteiger partial charge in [0.05, 0.1) is 12.7 Å². The molecule has 0 spiro atoms. The van der Waals surface area contributed by atoms with Gasteiger partial charge in [0.25, 0.3) is 0 Å². The smallest absolute Gasteiger partial charge is 0.0538 e. The Morgan fingerprint density at radius 2 is 1.68 bits per heavy atom. The van der Waals surface area contributed by atoms with Crippen LogP contribution in [-0.4, -0.2) is 37.2 Å². The van der Waals surface area contributed by atoms with E-state index in [-0.39, 0.29) is 65.4 Å². The summed E-state index contributed by atoms with van der Waals surface area (Å²) in [6.07, 6.45) is 4.21. The Bertz CT molecular complexity index is 247. The van der Waals surface area contributed by atoms with Crippen LogP contribution in [-0.2, 0) is 70.2 Å². The van der Waals surface area contributed by atoms with Crippen molar-refractivity contribution < 1.29 is 70.2 Å². The Morgan fingerprint density at radius 3 is 2.11 bits per heavy atom. The van der Waals surface area contributed by atoms with Crippen LogP contribution in [0.1, 0.15) is 33.1 Å². The molecule has 1 heterocycles. The summed E-state index contributed by atoms with van der Waals surface area (Å²) in [7, 11) is 0. The number of likely N-dealkylation sites (tertiary alicyclic amines) is 1. The molecule has 0 aromatic rings. The van der Waals surface area contributed by atoms with Crippen LogP contribution in [0.5, 0.6) is 0 Å². The van der Waals surface area contributed by atoms with Gasteiger partial charge in [0.15, 0.2) is 0 Å². The van der Waals surface area contributed by atoms with Crippen LogP contribution in [0.15, 0.2) is 0 Å². The summed E-state index contributed by atoms with van der Waals surface area (Å²) >= 11 is 0. The monoisotopic (exact) mass is 415 g/mol. The predicted octanol–water partition coefficient (Wildman–Crippen LogP) is 2.79. The van der Waals surface area contributed by atoms with E-state index in [1.54, 1.807) is 0 Å². The van der Waals surface area contributed by atoms with E-state index in [4.69, 9.17) is 4.74 Å². The second kappa shape index (κ2) is 9.31. The normalized spacial score (nSPS) is 29.5. The van der Waals surface area contributed by atoms with Crippen molar-refractivity contribution >= 4 is 0 Å². The van der Waals surface area contributed by atoms with E-state index >= 15 is 0 Å². The van der Waals surface area contributed by atoms with Crippen molar-refractivity contribution in [3.05, 3.63) is 13.8 Å². The number of rotatable bonds is 5. The predicted molar refractivity (Wildman–Crippen MR) is 71.5 cm³/mol. The summed E-state index contributed by atoms with van der Waals surface area (Å²) in [5.41, 5.74) is 0.459. The summed E-state index contributed by atoms with van der Waals surface area (Å²) in [5, 5.41) is 0. The van der Waals surface area contributed by atoms with Gasteiger partial charge < -0.3 is 23.5 Å². The van der Waals surface area contributed by atoms with Crippen molar-refractivity contribution in [2.24, 2.45) is 17.3 Å². The zero-order chi connectivity index (χ0) is 12.5. The molecule has 2 fully saturated rings. The van der Waals surface area contributed by atoms with Crippen LogP contribution in [0.2, 0.25) is 0 Å². The summed E-state index contributed by atoms with van der Waals surface area (Å²) in [5.74, 6) is 1.13. The molecule has 2 aliphatic rings. The molecular weight excluding hydrogens is 388 g/mol. The maximum atomic E-state index is 5.81.